The lowest BCUT2D eigenvalue weighted by atomic mass is 10.0. The third-order valence-electron chi connectivity index (χ3n) is 3.05. The lowest BCUT2D eigenvalue weighted by Crippen LogP contribution is -2.10. The number of nitrogens with one attached hydrogen (secondary N) is 1. The minimum Gasteiger partial charge on any atom is -0.377 e. The Morgan fingerprint density at radius 2 is 1.85 bits per heavy atom. The van der Waals surface area contributed by atoms with Crippen LogP contribution in [-0.2, 0) is 0 Å². The van der Waals surface area contributed by atoms with Crippen molar-refractivity contribution >= 4 is 39.9 Å². The highest BCUT2D eigenvalue weighted by Crippen LogP contribution is 2.29. The normalized spacial score (nSPS) is 12.3. The first-order valence-corrected chi connectivity index (χ1v) is 7.51. The Bertz CT molecular complexity index is 646. The molecular weight excluding hydrogens is 395 g/mol. The third kappa shape index (κ3) is 3.41. The van der Waals surface area contributed by atoms with Gasteiger partial charge >= 0.3 is 0 Å². The molecule has 0 saturated carbocycles. The molecule has 0 bridgehead atoms. The van der Waals surface area contributed by atoms with Crippen LogP contribution in [-0.4, -0.2) is 0 Å². The summed E-state index contributed by atoms with van der Waals surface area (Å²) in [6, 6.07) is 7.57. The van der Waals surface area contributed by atoms with Crippen molar-refractivity contribution in [1.29, 1.82) is 0 Å². The second-order valence-electron chi connectivity index (χ2n) is 4.61. The summed E-state index contributed by atoms with van der Waals surface area (Å²) >= 11 is 8.28. The zero-order valence-corrected chi connectivity index (χ0v) is 13.9. The van der Waals surface area contributed by atoms with Crippen LogP contribution in [0.3, 0.4) is 0 Å². The molecule has 0 aliphatic carbocycles. The molecule has 0 fully saturated rings. The Labute approximate surface area is 135 Å². The summed E-state index contributed by atoms with van der Waals surface area (Å²) < 4.78 is 28.5. The molecule has 0 aliphatic rings. The Balaban J connectivity index is 2.28. The first kappa shape index (κ1) is 15.5. The van der Waals surface area contributed by atoms with E-state index in [4.69, 9.17) is 11.6 Å². The van der Waals surface area contributed by atoms with Gasteiger partial charge in [0.2, 0.25) is 0 Å². The molecule has 2 rings (SSSR count). The minimum atomic E-state index is -0.425. The molecular formula is C15H13ClF2IN. The van der Waals surface area contributed by atoms with Crippen LogP contribution < -0.4 is 5.32 Å². The van der Waals surface area contributed by atoms with Gasteiger partial charge in [-0.1, -0.05) is 11.6 Å². The van der Waals surface area contributed by atoms with Crippen molar-refractivity contribution in [3.8, 4) is 0 Å². The van der Waals surface area contributed by atoms with Gasteiger partial charge in [-0.15, -0.1) is 0 Å². The van der Waals surface area contributed by atoms with Crippen LogP contribution in [0.1, 0.15) is 24.1 Å². The molecule has 0 saturated heterocycles. The molecule has 2 aromatic carbocycles. The van der Waals surface area contributed by atoms with Gasteiger partial charge in [-0.3, -0.25) is 0 Å². The van der Waals surface area contributed by atoms with Crippen molar-refractivity contribution in [2.24, 2.45) is 0 Å². The largest absolute Gasteiger partial charge is 0.377 e. The van der Waals surface area contributed by atoms with E-state index < -0.39 is 11.6 Å². The predicted octanol–water partition coefficient (Wildman–Crippen LogP) is 5.70. The van der Waals surface area contributed by atoms with Gasteiger partial charge in [0.1, 0.15) is 11.6 Å². The molecule has 20 heavy (non-hydrogen) atoms. The van der Waals surface area contributed by atoms with E-state index >= 15 is 0 Å². The van der Waals surface area contributed by atoms with Crippen molar-refractivity contribution in [3.05, 3.63) is 61.7 Å². The molecule has 0 amide bonds. The van der Waals surface area contributed by atoms with Gasteiger partial charge in [0.25, 0.3) is 0 Å². The van der Waals surface area contributed by atoms with E-state index in [1.54, 1.807) is 6.92 Å². The van der Waals surface area contributed by atoms with Gasteiger partial charge in [-0.2, -0.15) is 0 Å². The lowest BCUT2D eigenvalue weighted by Gasteiger charge is -2.18. The Morgan fingerprint density at radius 3 is 2.50 bits per heavy atom. The molecule has 1 N–H and O–H groups in total. The maximum absolute atomic E-state index is 13.9. The number of anilines is 1. The van der Waals surface area contributed by atoms with Crippen LogP contribution >= 0.6 is 34.2 Å². The summed E-state index contributed by atoms with van der Waals surface area (Å²) in [5.74, 6) is -0.839. The summed E-state index contributed by atoms with van der Waals surface area (Å²) in [4.78, 5) is 0. The number of rotatable bonds is 3. The Morgan fingerprint density at radius 1 is 1.15 bits per heavy atom. The highest BCUT2D eigenvalue weighted by atomic mass is 127. The summed E-state index contributed by atoms with van der Waals surface area (Å²) in [6.07, 6.45) is 0. The summed E-state index contributed by atoms with van der Waals surface area (Å²) in [7, 11) is 0. The number of benzene rings is 2. The predicted molar refractivity (Wildman–Crippen MR) is 87.3 cm³/mol. The molecule has 5 heteroatoms. The van der Waals surface area contributed by atoms with Crippen molar-refractivity contribution < 1.29 is 8.78 Å². The SMILES string of the molecule is Cc1cc(F)c(C(C)Nc2ccc(I)cc2Cl)cc1F. The number of aryl methyl sites for hydroxylation is 1. The van der Waals surface area contributed by atoms with Crippen LogP contribution in [0.15, 0.2) is 30.3 Å². The van der Waals surface area contributed by atoms with Gasteiger partial charge in [0, 0.05) is 9.13 Å². The average Bonchev–Trinajstić information content (AvgIpc) is 2.37. The van der Waals surface area contributed by atoms with Gasteiger partial charge in [0.05, 0.1) is 16.8 Å². The van der Waals surface area contributed by atoms with E-state index in [1.165, 1.54) is 19.1 Å². The van der Waals surface area contributed by atoms with Crippen molar-refractivity contribution in [2.45, 2.75) is 19.9 Å². The summed E-state index contributed by atoms with van der Waals surface area (Å²) in [6.45, 7) is 3.30. The van der Waals surface area contributed by atoms with Gasteiger partial charge < -0.3 is 5.32 Å². The van der Waals surface area contributed by atoms with Crippen LogP contribution in [0.4, 0.5) is 14.5 Å². The van der Waals surface area contributed by atoms with Crippen LogP contribution in [0.2, 0.25) is 5.02 Å². The first-order valence-electron chi connectivity index (χ1n) is 6.05. The molecule has 0 heterocycles. The second-order valence-corrected chi connectivity index (χ2v) is 6.27. The fraction of sp³-hybridized carbons (Fsp3) is 0.200. The van der Waals surface area contributed by atoms with Crippen molar-refractivity contribution in [2.75, 3.05) is 5.32 Å². The second kappa shape index (κ2) is 6.26. The van der Waals surface area contributed by atoms with Crippen molar-refractivity contribution in [1.82, 2.24) is 0 Å². The van der Waals surface area contributed by atoms with Gasteiger partial charge in [-0.05, 0) is 72.3 Å². The quantitative estimate of drug-likeness (QED) is 0.643. The highest BCUT2D eigenvalue weighted by molar-refractivity contribution is 14.1. The van der Waals surface area contributed by atoms with Gasteiger partial charge in [-0.25, -0.2) is 8.78 Å². The van der Waals surface area contributed by atoms with Crippen LogP contribution in [0.5, 0.6) is 0 Å². The zero-order valence-electron chi connectivity index (χ0n) is 11.0. The molecule has 1 atom stereocenters. The number of hydrogen-bond acceptors (Lipinski definition) is 1. The molecule has 0 spiro atoms. The minimum absolute atomic E-state index is 0.280. The van der Waals surface area contributed by atoms with Crippen LogP contribution in [0.25, 0.3) is 0 Å². The first-order chi connectivity index (χ1) is 9.38. The molecule has 106 valence electrons. The van der Waals surface area contributed by atoms with Gasteiger partial charge in [0.15, 0.2) is 0 Å². The van der Waals surface area contributed by atoms with Crippen molar-refractivity contribution in [3.63, 3.8) is 0 Å². The molecule has 1 nitrogen and oxygen atoms in total. The average molecular weight is 408 g/mol. The van der Waals surface area contributed by atoms with E-state index in [0.29, 0.717) is 16.3 Å². The Kier molecular flexibility index (Phi) is 4.86. The van der Waals surface area contributed by atoms with E-state index in [1.807, 2.05) is 18.2 Å². The molecule has 0 aliphatic heterocycles. The highest BCUT2D eigenvalue weighted by Gasteiger charge is 2.15. The lowest BCUT2D eigenvalue weighted by molar-refractivity contribution is 0.571. The third-order valence-corrected chi connectivity index (χ3v) is 4.03. The monoisotopic (exact) mass is 407 g/mol. The number of halogens is 4. The van der Waals surface area contributed by atoms with E-state index in [0.717, 1.165) is 3.57 Å². The topological polar surface area (TPSA) is 12.0 Å². The molecule has 0 aromatic heterocycles. The maximum atomic E-state index is 13.9. The summed E-state index contributed by atoms with van der Waals surface area (Å²) in [5, 5.41) is 3.65. The van der Waals surface area contributed by atoms with E-state index in [2.05, 4.69) is 27.9 Å². The number of hydrogen-bond donors (Lipinski definition) is 1. The smallest absolute Gasteiger partial charge is 0.128 e. The Hall–Kier alpha value is -0.880. The molecule has 1 unspecified atom stereocenters. The standard InChI is InChI=1S/C15H13ClF2IN/c1-8-5-14(18)11(7-13(8)17)9(2)20-15-4-3-10(19)6-12(15)16/h3-7,9,20H,1-2H3. The van der Waals surface area contributed by atoms with E-state index in [9.17, 15) is 8.78 Å². The molecule has 0 radical (unpaired) electrons. The fourth-order valence-corrected chi connectivity index (χ4v) is 2.82. The zero-order chi connectivity index (χ0) is 14.9. The fourth-order valence-electron chi connectivity index (χ4n) is 1.91. The molecule has 2 aromatic rings. The van der Waals surface area contributed by atoms with E-state index in [-0.39, 0.29) is 11.6 Å². The maximum Gasteiger partial charge on any atom is 0.128 e. The van der Waals surface area contributed by atoms with Crippen LogP contribution in [0, 0.1) is 22.1 Å². The summed E-state index contributed by atoms with van der Waals surface area (Å²) in [5.41, 5.74) is 1.27.